The first-order valence-corrected chi connectivity index (χ1v) is 6.17. The lowest BCUT2D eigenvalue weighted by molar-refractivity contribution is 0.340. The predicted molar refractivity (Wildman–Crippen MR) is 73.9 cm³/mol. The number of ether oxygens (including phenoxy) is 1. The van der Waals surface area contributed by atoms with Crippen LogP contribution in [0.15, 0.2) is 42.6 Å². The molecule has 0 aliphatic rings. The summed E-state index contributed by atoms with van der Waals surface area (Å²) in [5.41, 5.74) is 3.32. The van der Waals surface area contributed by atoms with E-state index >= 15 is 0 Å². The topological polar surface area (TPSA) is 34.1 Å². The van der Waals surface area contributed by atoms with Crippen LogP contribution in [-0.4, -0.2) is 11.6 Å². The lowest BCUT2D eigenvalue weighted by Crippen LogP contribution is -2.01. The van der Waals surface area contributed by atoms with Gasteiger partial charge in [-0.25, -0.2) is 0 Å². The Bertz CT molecular complexity index is 494. The maximum Gasteiger partial charge on any atom is 0.119 e. The molecule has 0 spiro atoms. The van der Waals surface area contributed by atoms with E-state index in [2.05, 4.69) is 22.4 Å². The highest BCUT2D eigenvalue weighted by atomic mass is 16.5. The summed E-state index contributed by atoms with van der Waals surface area (Å²) in [7, 11) is 0. The van der Waals surface area contributed by atoms with Crippen LogP contribution in [0.1, 0.15) is 18.2 Å². The summed E-state index contributed by atoms with van der Waals surface area (Å²) in [5, 5.41) is 3.38. The van der Waals surface area contributed by atoms with Crippen molar-refractivity contribution in [1.29, 1.82) is 0 Å². The molecule has 0 fully saturated rings. The second kappa shape index (κ2) is 6.05. The van der Waals surface area contributed by atoms with Crippen molar-refractivity contribution in [3.05, 3.63) is 53.9 Å². The third kappa shape index (κ3) is 3.23. The van der Waals surface area contributed by atoms with Gasteiger partial charge in [-0.05, 0) is 43.7 Å². The molecule has 0 radical (unpaired) electrons. The van der Waals surface area contributed by atoms with Gasteiger partial charge >= 0.3 is 0 Å². The van der Waals surface area contributed by atoms with E-state index in [1.54, 1.807) is 6.20 Å². The van der Waals surface area contributed by atoms with Gasteiger partial charge in [0.05, 0.1) is 18.0 Å². The Kier molecular flexibility index (Phi) is 4.18. The van der Waals surface area contributed by atoms with Crippen molar-refractivity contribution in [1.82, 2.24) is 4.98 Å². The van der Waals surface area contributed by atoms with Crippen LogP contribution in [0.3, 0.4) is 0 Å². The Hall–Kier alpha value is -2.03. The van der Waals surface area contributed by atoms with Gasteiger partial charge < -0.3 is 10.1 Å². The summed E-state index contributed by atoms with van der Waals surface area (Å²) in [5.74, 6) is 0.916. The lowest BCUT2D eigenvalue weighted by Gasteiger charge is -2.09. The van der Waals surface area contributed by atoms with Crippen LogP contribution in [0, 0.1) is 6.92 Å². The maximum atomic E-state index is 5.41. The van der Waals surface area contributed by atoms with Crippen LogP contribution >= 0.6 is 0 Å². The van der Waals surface area contributed by atoms with E-state index in [-0.39, 0.29) is 0 Å². The van der Waals surface area contributed by atoms with Gasteiger partial charge in [0.2, 0.25) is 0 Å². The molecule has 0 aliphatic carbocycles. The van der Waals surface area contributed by atoms with E-state index in [4.69, 9.17) is 4.74 Å². The van der Waals surface area contributed by atoms with E-state index in [1.165, 1.54) is 5.56 Å². The summed E-state index contributed by atoms with van der Waals surface area (Å²) in [6, 6.07) is 12.1. The van der Waals surface area contributed by atoms with Gasteiger partial charge in [0, 0.05) is 12.7 Å². The molecule has 18 heavy (non-hydrogen) atoms. The number of hydrogen-bond donors (Lipinski definition) is 1. The molecule has 0 saturated heterocycles. The fourth-order valence-corrected chi connectivity index (χ4v) is 1.74. The SMILES string of the molecule is CCOc1ccc(CNc2cccnc2C)cc1. The fourth-order valence-electron chi connectivity index (χ4n) is 1.74. The highest BCUT2D eigenvalue weighted by Gasteiger charge is 1.98. The first-order chi connectivity index (χ1) is 8.79. The lowest BCUT2D eigenvalue weighted by atomic mass is 10.2. The monoisotopic (exact) mass is 242 g/mol. The van der Waals surface area contributed by atoms with Crippen molar-refractivity contribution in [2.75, 3.05) is 11.9 Å². The van der Waals surface area contributed by atoms with Gasteiger partial charge in [0.25, 0.3) is 0 Å². The third-order valence-corrected chi connectivity index (χ3v) is 2.72. The van der Waals surface area contributed by atoms with Crippen LogP contribution < -0.4 is 10.1 Å². The van der Waals surface area contributed by atoms with E-state index in [0.717, 1.165) is 23.7 Å². The number of aromatic nitrogens is 1. The minimum atomic E-state index is 0.701. The fraction of sp³-hybridized carbons (Fsp3) is 0.267. The molecule has 0 bridgehead atoms. The van der Waals surface area contributed by atoms with Crippen molar-refractivity contribution >= 4 is 5.69 Å². The largest absolute Gasteiger partial charge is 0.494 e. The smallest absolute Gasteiger partial charge is 0.119 e. The number of nitrogens with zero attached hydrogens (tertiary/aromatic N) is 1. The predicted octanol–water partition coefficient (Wildman–Crippen LogP) is 3.40. The number of rotatable bonds is 5. The molecule has 2 rings (SSSR count). The number of pyridine rings is 1. The molecule has 0 atom stereocenters. The number of hydrogen-bond acceptors (Lipinski definition) is 3. The average molecular weight is 242 g/mol. The molecule has 3 nitrogen and oxygen atoms in total. The standard InChI is InChI=1S/C15H18N2O/c1-3-18-14-8-6-13(7-9-14)11-17-15-5-4-10-16-12(15)2/h4-10,17H,3,11H2,1-2H3. The molecule has 1 aromatic heterocycles. The van der Waals surface area contributed by atoms with Crippen LogP contribution in [0.2, 0.25) is 0 Å². The third-order valence-electron chi connectivity index (χ3n) is 2.72. The van der Waals surface area contributed by atoms with Crippen molar-refractivity contribution in [2.45, 2.75) is 20.4 Å². The van der Waals surface area contributed by atoms with Gasteiger partial charge in [-0.3, -0.25) is 4.98 Å². The van der Waals surface area contributed by atoms with Gasteiger partial charge in [0.1, 0.15) is 5.75 Å². The first kappa shape index (κ1) is 12.4. The Morgan fingerprint density at radius 1 is 1.17 bits per heavy atom. The zero-order valence-electron chi connectivity index (χ0n) is 10.8. The summed E-state index contributed by atoms with van der Waals surface area (Å²) < 4.78 is 5.41. The molecular weight excluding hydrogens is 224 g/mol. The Labute approximate surface area is 108 Å². The molecule has 3 heteroatoms. The summed E-state index contributed by atoms with van der Waals surface area (Å²) in [6.07, 6.45) is 1.80. The van der Waals surface area contributed by atoms with Crippen molar-refractivity contribution < 1.29 is 4.74 Å². The van der Waals surface area contributed by atoms with Crippen molar-refractivity contribution in [3.8, 4) is 5.75 Å². The highest BCUT2D eigenvalue weighted by molar-refractivity contribution is 5.47. The zero-order valence-corrected chi connectivity index (χ0v) is 10.8. The summed E-state index contributed by atoms with van der Waals surface area (Å²) >= 11 is 0. The van der Waals surface area contributed by atoms with Crippen LogP contribution in [0.5, 0.6) is 5.75 Å². The minimum absolute atomic E-state index is 0.701. The molecule has 1 heterocycles. The van der Waals surface area contributed by atoms with Crippen molar-refractivity contribution in [3.63, 3.8) is 0 Å². The van der Waals surface area contributed by atoms with E-state index in [1.807, 2.05) is 38.1 Å². The van der Waals surface area contributed by atoms with Gasteiger partial charge in [0.15, 0.2) is 0 Å². The molecule has 2 aromatic rings. The second-order valence-corrected chi connectivity index (χ2v) is 4.07. The molecule has 94 valence electrons. The molecular formula is C15H18N2O. The van der Waals surface area contributed by atoms with Crippen LogP contribution in [0.4, 0.5) is 5.69 Å². The average Bonchev–Trinajstić information content (AvgIpc) is 2.40. The Morgan fingerprint density at radius 2 is 1.94 bits per heavy atom. The van der Waals surface area contributed by atoms with E-state index in [9.17, 15) is 0 Å². The van der Waals surface area contributed by atoms with E-state index < -0.39 is 0 Å². The number of nitrogens with one attached hydrogen (secondary N) is 1. The normalized spacial score (nSPS) is 10.1. The molecule has 0 aliphatic heterocycles. The first-order valence-electron chi connectivity index (χ1n) is 6.17. The van der Waals surface area contributed by atoms with Gasteiger partial charge in [-0.1, -0.05) is 12.1 Å². The van der Waals surface area contributed by atoms with Gasteiger partial charge in [-0.15, -0.1) is 0 Å². The number of benzene rings is 1. The Balaban J connectivity index is 1.96. The number of anilines is 1. The second-order valence-electron chi connectivity index (χ2n) is 4.07. The molecule has 0 unspecified atom stereocenters. The molecule has 1 N–H and O–H groups in total. The molecule has 0 amide bonds. The maximum absolute atomic E-state index is 5.41. The summed E-state index contributed by atoms with van der Waals surface area (Å²) in [4.78, 5) is 4.25. The minimum Gasteiger partial charge on any atom is -0.494 e. The molecule has 0 saturated carbocycles. The van der Waals surface area contributed by atoms with Crippen LogP contribution in [-0.2, 0) is 6.54 Å². The Morgan fingerprint density at radius 3 is 2.61 bits per heavy atom. The van der Waals surface area contributed by atoms with Crippen LogP contribution in [0.25, 0.3) is 0 Å². The van der Waals surface area contributed by atoms with E-state index in [0.29, 0.717) is 6.61 Å². The van der Waals surface area contributed by atoms with Crippen molar-refractivity contribution in [2.24, 2.45) is 0 Å². The zero-order chi connectivity index (χ0) is 12.8. The summed E-state index contributed by atoms with van der Waals surface area (Å²) in [6.45, 7) is 5.48. The highest BCUT2D eigenvalue weighted by Crippen LogP contribution is 2.15. The molecule has 1 aromatic carbocycles. The quantitative estimate of drug-likeness (QED) is 0.872. The van der Waals surface area contributed by atoms with Gasteiger partial charge in [-0.2, -0.15) is 0 Å². The number of aryl methyl sites for hydroxylation is 1.